The zero-order chi connectivity index (χ0) is 17.8. The number of nitrogens with zero attached hydrogens (tertiary/aromatic N) is 5. The summed E-state index contributed by atoms with van der Waals surface area (Å²) < 4.78 is 4.93. The van der Waals surface area contributed by atoms with E-state index in [2.05, 4.69) is 80.0 Å². The predicted octanol–water partition coefficient (Wildman–Crippen LogP) is 4.49. The lowest BCUT2D eigenvalue weighted by Crippen LogP contribution is -2.18. The van der Waals surface area contributed by atoms with Crippen molar-refractivity contribution in [3.8, 4) is 5.69 Å². The van der Waals surface area contributed by atoms with Gasteiger partial charge in [-0.2, -0.15) is 10.2 Å². The van der Waals surface area contributed by atoms with Gasteiger partial charge in [0.05, 0.1) is 11.4 Å². The van der Waals surface area contributed by atoms with Crippen molar-refractivity contribution in [1.29, 1.82) is 0 Å². The van der Waals surface area contributed by atoms with Crippen LogP contribution in [0.2, 0.25) is 0 Å². The van der Waals surface area contributed by atoms with Gasteiger partial charge in [0.1, 0.15) is 3.70 Å². The molecule has 3 aromatic rings. The normalized spacial score (nSPS) is 12.5. The zero-order valence-corrected chi connectivity index (χ0v) is 17.5. The van der Waals surface area contributed by atoms with Crippen LogP contribution in [0.5, 0.6) is 0 Å². The van der Waals surface area contributed by atoms with E-state index >= 15 is 0 Å². The highest BCUT2D eigenvalue weighted by atomic mass is 127. The van der Waals surface area contributed by atoms with Crippen molar-refractivity contribution in [2.45, 2.75) is 52.9 Å². The van der Waals surface area contributed by atoms with E-state index in [9.17, 15) is 0 Å². The van der Waals surface area contributed by atoms with Crippen molar-refractivity contribution in [2.75, 3.05) is 0 Å². The molecule has 0 fully saturated rings. The molecule has 3 heterocycles. The summed E-state index contributed by atoms with van der Waals surface area (Å²) in [6.45, 7) is 13.1. The Morgan fingerprint density at radius 1 is 1.17 bits per heavy atom. The fraction of sp³-hybridized carbons (Fsp3) is 0.500. The number of hydrogen-bond acceptors (Lipinski definition) is 3. The molecule has 128 valence electrons. The standard InChI is InChI=1S/C18H24IN5/c1-10(2)14-11(3)24(21-16(14)19)13-8-12-9-23(7)22-17(12)20-15(13)18(4,5)6/h8-10H,1-7H3. The van der Waals surface area contributed by atoms with E-state index in [-0.39, 0.29) is 5.41 Å². The van der Waals surface area contributed by atoms with E-state index in [4.69, 9.17) is 10.1 Å². The molecule has 0 radical (unpaired) electrons. The minimum atomic E-state index is -0.0944. The Bertz CT molecular complexity index is 912. The molecular formula is C18H24IN5. The lowest BCUT2D eigenvalue weighted by Gasteiger charge is -2.22. The van der Waals surface area contributed by atoms with Gasteiger partial charge in [-0.3, -0.25) is 4.68 Å². The Hall–Kier alpha value is -1.44. The van der Waals surface area contributed by atoms with Crippen LogP contribution in [0, 0.1) is 10.6 Å². The van der Waals surface area contributed by atoms with Crippen molar-refractivity contribution in [3.05, 3.63) is 32.9 Å². The van der Waals surface area contributed by atoms with Gasteiger partial charge in [0, 0.05) is 35.3 Å². The van der Waals surface area contributed by atoms with Gasteiger partial charge in [-0.1, -0.05) is 34.6 Å². The SMILES string of the molecule is Cc1c(C(C)C)c(I)nn1-c1cc2cn(C)nc2nc1C(C)(C)C. The first-order chi connectivity index (χ1) is 11.1. The Morgan fingerprint density at radius 2 is 1.83 bits per heavy atom. The summed E-state index contributed by atoms with van der Waals surface area (Å²) in [5.41, 5.74) is 5.25. The molecule has 0 N–H and O–H groups in total. The molecule has 24 heavy (non-hydrogen) atoms. The van der Waals surface area contributed by atoms with Crippen LogP contribution < -0.4 is 0 Å². The fourth-order valence-corrected chi connectivity index (χ4v) is 4.38. The summed E-state index contributed by atoms with van der Waals surface area (Å²) >= 11 is 2.33. The van der Waals surface area contributed by atoms with Crippen LogP contribution in [-0.2, 0) is 12.5 Å². The first-order valence-electron chi connectivity index (χ1n) is 8.20. The number of hydrogen-bond donors (Lipinski definition) is 0. The van der Waals surface area contributed by atoms with Crippen molar-refractivity contribution in [2.24, 2.45) is 7.05 Å². The van der Waals surface area contributed by atoms with Crippen LogP contribution in [0.25, 0.3) is 16.7 Å². The average Bonchev–Trinajstić information content (AvgIpc) is 2.94. The molecule has 0 aliphatic carbocycles. The molecule has 0 amide bonds. The molecule has 0 unspecified atom stereocenters. The summed E-state index contributed by atoms with van der Waals surface area (Å²) in [4.78, 5) is 4.87. The highest BCUT2D eigenvalue weighted by molar-refractivity contribution is 14.1. The topological polar surface area (TPSA) is 48.5 Å². The van der Waals surface area contributed by atoms with Gasteiger partial charge in [-0.25, -0.2) is 9.67 Å². The molecule has 5 nitrogen and oxygen atoms in total. The monoisotopic (exact) mass is 437 g/mol. The van der Waals surface area contributed by atoms with Gasteiger partial charge in [-0.15, -0.1) is 0 Å². The number of aromatic nitrogens is 5. The summed E-state index contributed by atoms with van der Waals surface area (Å²) in [6.07, 6.45) is 2.01. The van der Waals surface area contributed by atoms with E-state index in [0.29, 0.717) is 5.92 Å². The van der Waals surface area contributed by atoms with E-state index in [1.807, 2.05) is 17.9 Å². The largest absolute Gasteiger partial charge is 0.273 e. The van der Waals surface area contributed by atoms with Crippen LogP contribution in [0.1, 0.15) is 57.5 Å². The van der Waals surface area contributed by atoms with Crippen LogP contribution in [0.3, 0.4) is 0 Å². The second-order valence-corrected chi connectivity index (χ2v) is 8.70. The molecule has 0 aromatic carbocycles. The van der Waals surface area contributed by atoms with Gasteiger partial charge in [0.15, 0.2) is 5.65 Å². The first kappa shape index (κ1) is 17.4. The Labute approximate surface area is 156 Å². The van der Waals surface area contributed by atoms with E-state index < -0.39 is 0 Å². The number of fused-ring (bicyclic) bond motifs is 1. The second kappa shape index (κ2) is 5.82. The summed E-state index contributed by atoms with van der Waals surface area (Å²) in [5.74, 6) is 0.443. The van der Waals surface area contributed by atoms with E-state index in [1.54, 1.807) is 0 Å². The van der Waals surface area contributed by atoms with Gasteiger partial charge in [0.25, 0.3) is 0 Å². The quantitative estimate of drug-likeness (QED) is 0.556. The Balaban J connectivity index is 2.34. The van der Waals surface area contributed by atoms with Crippen molar-refractivity contribution < 1.29 is 0 Å². The Kier molecular flexibility index (Phi) is 4.22. The number of aryl methyl sites for hydroxylation is 1. The molecule has 0 bridgehead atoms. The maximum atomic E-state index is 4.87. The molecule has 0 aliphatic rings. The van der Waals surface area contributed by atoms with Gasteiger partial charge >= 0.3 is 0 Å². The number of pyridine rings is 1. The Morgan fingerprint density at radius 3 is 2.38 bits per heavy atom. The molecular weight excluding hydrogens is 413 g/mol. The molecule has 3 rings (SSSR count). The molecule has 0 aliphatic heterocycles. The summed E-state index contributed by atoms with van der Waals surface area (Å²) in [6, 6.07) is 2.16. The number of rotatable bonds is 2. The second-order valence-electron chi connectivity index (χ2n) is 7.68. The minimum Gasteiger partial charge on any atom is -0.273 e. The maximum Gasteiger partial charge on any atom is 0.181 e. The summed E-state index contributed by atoms with van der Waals surface area (Å²) in [5, 5.41) is 10.3. The van der Waals surface area contributed by atoms with Gasteiger partial charge in [-0.05, 0) is 41.5 Å². The fourth-order valence-electron chi connectivity index (χ4n) is 3.15. The lowest BCUT2D eigenvalue weighted by molar-refractivity contribution is 0.562. The summed E-state index contributed by atoms with van der Waals surface area (Å²) in [7, 11) is 1.93. The minimum absolute atomic E-state index is 0.0944. The first-order valence-corrected chi connectivity index (χ1v) is 9.27. The smallest absolute Gasteiger partial charge is 0.181 e. The lowest BCUT2D eigenvalue weighted by atomic mass is 9.90. The third-order valence-corrected chi connectivity index (χ3v) is 5.02. The molecule has 0 spiro atoms. The van der Waals surface area contributed by atoms with Crippen molar-refractivity contribution >= 4 is 33.6 Å². The third-order valence-electron chi connectivity index (χ3n) is 4.22. The van der Waals surface area contributed by atoms with Crippen LogP contribution in [0.15, 0.2) is 12.3 Å². The highest BCUT2D eigenvalue weighted by Crippen LogP contribution is 2.32. The predicted molar refractivity (Wildman–Crippen MR) is 106 cm³/mol. The van der Waals surface area contributed by atoms with E-state index in [0.717, 1.165) is 26.1 Å². The maximum absolute atomic E-state index is 4.87. The van der Waals surface area contributed by atoms with Gasteiger partial charge < -0.3 is 0 Å². The van der Waals surface area contributed by atoms with Crippen molar-refractivity contribution in [1.82, 2.24) is 24.5 Å². The van der Waals surface area contributed by atoms with E-state index in [1.165, 1.54) is 11.3 Å². The molecule has 0 saturated heterocycles. The van der Waals surface area contributed by atoms with Crippen molar-refractivity contribution in [3.63, 3.8) is 0 Å². The molecule has 3 aromatic heterocycles. The molecule has 0 atom stereocenters. The highest BCUT2D eigenvalue weighted by Gasteiger charge is 2.25. The third kappa shape index (κ3) is 2.85. The van der Waals surface area contributed by atoms with Crippen LogP contribution >= 0.6 is 22.6 Å². The number of halogens is 1. The zero-order valence-electron chi connectivity index (χ0n) is 15.3. The van der Waals surface area contributed by atoms with Gasteiger partial charge in [0.2, 0.25) is 0 Å². The average molecular weight is 437 g/mol. The molecule has 6 heteroatoms. The van der Waals surface area contributed by atoms with Crippen LogP contribution in [0.4, 0.5) is 0 Å². The molecule has 0 saturated carbocycles. The van der Waals surface area contributed by atoms with Crippen LogP contribution in [-0.4, -0.2) is 24.5 Å².